The van der Waals surface area contributed by atoms with Gasteiger partial charge in [0.05, 0.1) is 0 Å². The number of aromatic amines is 1. The predicted octanol–water partition coefficient (Wildman–Crippen LogP) is 2.08. The molecule has 0 saturated heterocycles. The topological polar surface area (TPSA) is 104 Å². The Kier molecular flexibility index (Phi) is 4.51. The Balaban J connectivity index is 2.06. The van der Waals surface area contributed by atoms with Gasteiger partial charge in [0, 0.05) is 17.7 Å². The van der Waals surface area contributed by atoms with Gasteiger partial charge in [-0.05, 0) is 12.1 Å². The number of carbonyl (C=O) groups is 1. The highest BCUT2D eigenvalue weighted by Gasteiger charge is 2.14. The summed E-state index contributed by atoms with van der Waals surface area (Å²) in [6, 6.07) is 8.65. The summed E-state index contributed by atoms with van der Waals surface area (Å²) in [6.07, 6.45) is 0. The lowest BCUT2D eigenvalue weighted by atomic mass is 10.2. The maximum absolute atomic E-state index is 12.0. The van der Waals surface area contributed by atoms with Crippen LogP contribution in [0.5, 0.6) is 5.75 Å². The molecular weight excluding hydrogens is 270 g/mol. The molecule has 0 unspecified atom stereocenters. The van der Waals surface area contributed by atoms with Crippen molar-refractivity contribution in [1.82, 2.24) is 15.2 Å². The van der Waals surface area contributed by atoms with Gasteiger partial charge in [-0.1, -0.05) is 19.9 Å². The quantitative estimate of drug-likeness (QED) is 0.875. The normalized spacial score (nSPS) is 10.2. The average Bonchev–Trinajstić information content (AvgIpc) is 2.95. The Morgan fingerprint density at radius 3 is 3.00 bits per heavy atom. The highest BCUT2D eigenvalue weighted by Crippen LogP contribution is 2.18. The largest absolute Gasteiger partial charge is 0.479 e. The number of nitriles is 1. The molecule has 21 heavy (non-hydrogen) atoms. The van der Waals surface area contributed by atoms with Crippen molar-refractivity contribution in [3.05, 3.63) is 35.9 Å². The van der Waals surface area contributed by atoms with Crippen LogP contribution in [-0.4, -0.2) is 27.7 Å². The van der Waals surface area contributed by atoms with Gasteiger partial charge in [-0.3, -0.25) is 9.89 Å². The number of amides is 1. The lowest BCUT2D eigenvalue weighted by Crippen LogP contribution is -2.14. The monoisotopic (exact) mass is 285 g/mol. The van der Waals surface area contributed by atoms with Crippen LogP contribution in [0.4, 0.5) is 5.69 Å². The van der Waals surface area contributed by atoms with Crippen LogP contribution in [0.15, 0.2) is 24.3 Å². The Morgan fingerprint density at radius 1 is 1.52 bits per heavy atom. The Hall–Kier alpha value is -2.88. The van der Waals surface area contributed by atoms with E-state index in [1.54, 1.807) is 24.3 Å². The van der Waals surface area contributed by atoms with Crippen molar-refractivity contribution in [3.8, 4) is 11.8 Å². The highest BCUT2D eigenvalue weighted by molar-refractivity contribution is 6.01. The third kappa shape index (κ3) is 3.79. The molecule has 2 aromatic rings. The fourth-order valence-electron chi connectivity index (χ4n) is 1.60. The Labute approximate surface area is 122 Å². The van der Waals surface area contributed by atoms with E-state index in [0.29, 0.717) is 17.3 Å². The molecule has 2 N–H and O–H groups in total. The molecule has 1 amide bonds. The minimum Gasteiger partial charge on any atom is -0.479 e. The molecule has 7 heteroatoms. The van der Waals surface area contributed by atoms with Gasteiger partial charge in [0.15, 0.2) is 6.61 Å². The number of carbonyl (C=O) groups excluding carboxylic acids is 1. The van der Waals surface area contributed by atoms with Crippen molar-refractivity contribution >= 4 is 11.6 Å². The van der Waals surface area contributed by atoms with Gasteiger partial charge in [-0.15, -0.1) is 5.10 Å². The van der Waals surface area contributed by atoms with E-state index in [1.165, 1.54) is 0 Å². The Morgan fingerprint density at radius 2 is 2.33 bits per heavy atom. The summed E-state index contributed by atoms with van der Waals surface area (Å²) in [5.74, 6) is 1.01. The molecule has 1 aromatic carbocycles. The lowest BCUT2D eigenvalue weighted by Gasteiger charge is -2.05. The molecule has 0 aliphatic rings. The van der Waals surface area contributed by atoms with Crippen molar-refractivity contribution in [2.75, 3.05) is 11.9 Å². The summed E-state index contributed by atoms with van der Waals surface area (Å²) >= 11 is 0. The number of nitrogens with one attached hydrogen (secondary N) is 2. The minimum atomic E-state index is -0.407. The summed E-state index contributed by atoms with van der Waals surface area (Å²) in [5, 5.41) is 17.8. The fraction of sp³-hybridized carbons (Fsp3) is 0.286. The lowest BCUT2D eigenvalue weighted by molar-refractivity contribution is 0.101. The molecule has 0 bridgehead atoms. The average molecular weight is 285 g/mol. The van der Waals surface area contributed by atoms with E-state index >= 15 is 0 Å². The van der Waals surface area contributed by atoms with Crippen molar-refractivity contribution in [2.45, 2.75) is 19.8 Å². The number of nitrogens with zero attached hydrogens (tertiary/aromatic N) is 3. The van der Waals surface area contributed by atoms with Crippen LogP contribution in [0.1, 0.15) is 36.2 Å². The van der Waals surface area contributed by atoms with Crippen molar-refractivity contribution in [1.29, 1.82) is 5.26 Å². The molecule has 7 nitrogen and oxygen atoms in total. The number of H-pyrrole nitrogens is 1. The van der Waals surface area contributed by atoms with E-state index in [9.17, 15) is 4.79 Å². The maximum Gasteiger partial charge on any atom is 0.295 e. The standard InChI is InChI=1S/C14H15N5O2/c1-9(2)12-17-13(19-18-12)14(20)16-10-4-3-5-11(8-10)21-7-6-15/h3-5,8-9H,7H2,1-2H3,(H,16,20)(H,17,18,19). The van der Waals surface area contributed by atoms with Crippen LogP contribution in [-0.2, 0) is 0 Å². The molecule has 1 aromatic heterocycles. The Bertz CT molecular complexity index is 672. The smallest absolute Gasteiger partial charge is 0.295 e. The number of anilines is 1. The number of aromatic nitrogens is 3. The predicted molar refractivity (Wildman–Crippen MR) is 76.0 cm³/mol. The molecule has 0 spiro atoms. The van der Waals surface area contributed by atoms with Gasteiger partial charge in [0.2, 0.25) is 5.82 Å². The first-order chi connectivity index (χ1) is 10.1. The zero-order valence-corrected chi connectivity index (χ0v) is 11.8. The van der Waals surface area contributed by atoms with Crippen molar-refractivity contribution in [3.63, 3.8) is 0 Å². The summed E-state index contributed by atoms with van der Waals surface area (Å²) < 4.78 is 5.17. The summed E-state index contributed by atoms with van der Waals surface area (Å²) in [5.41, 5.74) is 0.548. The SMILES string of the molecule is CC(C)c1nc(C(=O)Nc2cccc(OCC#N)c2)n[nH]1. The maximum atomic E-state index is 12.0. The fourth-order valence-corrected chi connectivity index (χ4v) is 1.60. The van der Waals surface area contributed by atoms with Gasteiger partial charge in [-0.2, -0.15) is 5.26 Å². The molecule has 108 valence electrons. The van der Waals surface area contributed by atoms with Crippen LogP contribution in [0, 0.1) is 11.3 Å². The molecule has 0 radical (unpaired) electrons. The second kappa shape index (κ2) is 6.52. The summed E-state index contributed by atoms with van der Waals surface area (Å²) in [6.45, 7) is 3.87. The molecule has 0 atom stereocenters. The van der Waals surface area contributed by atoms with Gasteiger partial charge in [0.25, 0.3) is 5.91 Å². The molecule has 2 rings (SSSR count). The molecule has 1 heterocycles. The number of rotatable bonds is 5. The molecule has 0 fully saturated rings. The zero-order chi connectivity index (χ0) is 15.2. The minimum absolute atomic E-state index is 0.0456. The third-order valence-corrected chi connectivity index (χ3v) is 2.65. The first kappa shape index (κ1) is 14.5. The number of ether oxygens (including phenoxy) is 1. The van der Waals surface area contributed by atoms with Gasteiger partial charge < -0.3 is 10.1 Å². The van der Waals surface area contributed by atoms with E-state index in [2.05, 4.69) is 20.5 Å². The number of hydrogen-bond acceptors (Lipinski definition) is 5. The number of benzene rings is 1. The van der Waals surface area contributed by atoms with Crippen LogP contribution >= 0.6 is 0 Å². The second-order valence-electron chi connectivity index (χ2n) is 4.63. The van der Waals surface area contributed by atoms with Gasteiger partial charge >= 0.3 is 0 Å². The third-order valence-electron chi connectivity index (χ3n) is 2.65. The van der Waals surface area contributed by atoms with E-state index in [0.717, 1.165) is 0 Å². The highest BCUT2D eigenvalue weighted by atomic mass is 16.5. The van der Waals surface area contributed by atoms with E-state index in [4.69, 9.17) is 10.00 Å². The summed E-state index contributed by atoms with van der Waals surface area (Å²) in [4.78, 5) is 16.2. The van der Waals surface area contributed by atoms with Crippen LogP contribution in [0.2, 0.25) is 0 Å². The molecule has 0 aliphatic carbocycles. The van der Waals surface area contributed by atoms with Crippen LogP contribution in [0.25, 0.3) is 0 Å². The van der Waals surface area contributed by atoms with Crippen molar-refractivity contribution < 1.29 is 9.53 Å². The molecular formula is C14H15N5O2. The first-order valence-electron chi connectivity index (χ1n) is 6.43. The zero-order valence-electron chi connectivity index (χ0n) is 11.8. The van der Waals surface area contributed by atoms with Gasteiger partial charge in [0.1, 0.15) is 17.6 Å². The number of hydrogen-bond donors (Lipinski definition) is 2. The summed E-state index contributed by atoms with van der Waals surface area (Å²) in [7, 11) is 0. The molecule has 0 aliphatic heterocycles. The van der Waals surface area contributed by atoms with Crippen molar-refractivity contribution in [2.24, 2.45) is 0 Å². The molecule has 0 saturated carbocycles. The van der Waals surface area contributed by atoms with E-state index < -0.39 is 5.91 Å². The van der Waals surface area contributed by atoms with E-state index in [-0.39, 0.29) is 18.3 Å². The van der Waals surface area contributed by atoms with Crippen LogP contribution in [0.3, 0.4) is 0 Å². The van der Waals surface area contributed by atoms with E-state index in [1.807, 2.05) is 19.9 Å². The second-order valence-corrected chi connectivity index (χ2v) is 4.63. The van der Waals surface area contributed by atoms with Gasteiger partial charge in [-0.25, -0.2) is 4.98 Å². The van der Waals surface area contributed by atoms with Crippen LogP contribution < -0.4 is 10.1 Å². The first-order valence-corrected chi connectivity index (χ1v) is 6.43.